The number of fused-ring (bicyclic) bond motifs is 1. The van der Waals surface area contributed by atoms with Gasteiger partial charge in [0.15, 0.2) is 5.65 Å². The van der Waals surface area contributed by atoms with Crippen LogP contribution in [-0.2, 0) is 5.41 Å². The molecule has 148 valence electrons. The Morgan fingerprint density at radius 2 is 2.00 bits per heavy atom. The minimum Gasteiger partial charge on any atom is -0.476 e. The Kier molecular flexibility index (Phi) is 4.69. The molecule has 28 heavy (non-hydrogen) atoms. The molecule has 0 bridgehead atoms. The van der Waals surface area contributed by atoms with Crippen molar-refractivity contribution in [3.05, 3.63) is 41.6 Å². The highest BCUT2D eigenvalue weighted by Gasteiger charge is 2.26. The van der Waals surface area contributed by atoms with Crippen LogP contribution in [0.2, 0.25) is 0 Å². The summed E-state index contributed by atoms with van der Waals surface area (Å²) in [5.41, 5.74) is 4.07. The summed E-state index contributed by atoms with van der Waals surface area (Å²) in [6.07, 6.45) is 4.72. The summed E-state index contributed by atoms with van der Waals surface area (Å²) in [7, 11) is 0. The lowest BCUT2D eigenvalue weighted by atomic mass is 9.93. The molecule has 4 rings (SSSR count). The van der Waals surface area contributed by atoms with Gasteiger partial charge in [-0.2, -0.15) is 0 Å². The molecule has 1 saturated heterocycles. The van der Waals surface area contributed by atoms with Crippen molar-refractivity contribution in [1.29, 1.82) is 0 Å². The summed E-state index contributed by atoms with van der Waals surface area (Å²) in [5, 5.41) is 4.57. The number of hydrogen-bond donors (Lipinski definition) is 0. The van der Waals surface area contributed by atoms with Crippen molar-refractivity contribution in [3.63, 3.8) is 0 Å². The van der Waals surface area contributed by atoms with Gasteiger partial charge in [0.2, 0.25) is 5.88 Å². The van der Waals surface area contributed by atoms with Crippen LogP contribution in [0.25, 0.3) is 5.65 Å². The van der Waals surface area contributed by atoms with Gasteiger partial charge in [0, 0.05) is 41.7 Å². The lowest BCUT2D eigenvalue weighted by Crippen LogP contribution is -2.24. The minimum atomic E-state index is -0.000490. The average Bonchev–Trinajstić information content (AvgIpc) is 3.28. The van der Waals surface area contributed by atoms with Gasteiger partial charge in [-0.1, -0.05) is 20.8 Å². The van der Waals surface area contributed by atoms with E-state index in [-0.39, 0.29) is 5.41 Å². The molecule has 7 nitrogen and oxygen atoms in total. The molecule has 1 aliphatic heterocycles. The van der Waals surface area contributed by atoms with E-state index in [2.05, 4.69) is 52.6 Å². The van der Waals surface area contributed by atoms with E-state index in [1.54, 1.807) is 6.33 Å². The van der Waals surface area contributed by atoms with Crippen molar-refractivity contribution >= 4 is 11.5 Å². The molecule has 1 aliphatic rings. The fourth-order valence-electron chi connectivity index (χ4n) is 3.51. The molecule has 0 aliphatic carbocycles. The molecular formula is C21H28N6O. The summed E-state index contributed by atoms with van der Waals surface area (Å²) in [6.45, 7) is 13.2. The average molecular weight is 380 g/mol. The number of aryl methyl sites for hydroxylation is 1. The van der Waals surface area contributed by atoms with Gasteiger partial charge in [-0.25, -0.2) is 19.5 Å². The Balaban J connectivity index is 1.40. The Morgan fingerprint density at radius 1 is 1.18 bits per heavy atom. The molecule has 1 fully saturated rings. The molecule has 0 spiro atoms. The lowest BCUT2D eigenvalue weighted by molar-refractivity contribution is 0.249. The number of imidazole rings is 1. The molecule has 0 amide bonds. The van der Waals surface area contributed by atoms with Crippen LogP contribution in [0.3, 0.4) is 0 Å². The molecule has 7 heteroatoms. The first-order valence-corrected chi connectivity index (χ1v) is 9.84. The SMILES string of the molecule is Cc1ncnc(N2CCC(COc3ccc4nc(C(C)(C)C)cn4n3)C2)c1C. The van der Waals surface area contributed by atoms with Crippen LogP contribution in [0.1, 0.15) is 44.1 Å². The van der Waals surface area contributed by atoms with Crippen molar-refractivity contribution < 1.29 is 4.74 Å². The summed E-state index contributed by atoms with van der Waals surface area (Å²) in [5.74, 6) is 2.14. The third-order valence-corrected chi connectivity index (χ3v) is 5.43. The summed E-state index contributed by atoms with van der Waals surface area (Å²) < 4.78 is 7.82. The van der Waals surface area contributed by atoms with E-state index in [1.165, 1.54) is 0 Å². The Morgan fingerprint density at radius 3 is 2.79 bits per heavy atom. The summed E-state index contributed by atoms with van der Waals surface area (Å²) in [6, 6.07) is 3.87. The first-order chi connectivity index (χ1) is 13.3. The van der Waals surface area contributed by atoms with E-state index in [0.717, 1.165) is 47.9 Å². The Labute approximate surface area is 165 Å². The first-order valence-electron chi connectivity index (χ1n) is 9.84. The maximum absolute atomic E-state index is 6.01. The lowest BCUT2D eigenvalue weighted by Gasteiger charge is -2.20. The maximum atomic E-state index is 6.01. The van der Waals surface area contributed by atoms with Gasteiger partial charge in [0.25, 0.3) is 0 Å². The maximum Gasteiger partial charge on any atom is 0.231 e. The second kappa shape index (κ2) is 7.04. The van der Waals surface area contributed by atoms with Crippen LogP contribution < -0.4 is 9.64 Å². The van der Waals surface area contributed by atoms with Crippen LogP contribution >= 0.6 is 0 Å². The zero-order chi connectivity index (χ0) is 19.9. The van der Waals surface area contributed by atoms with E-state index >= 15 is 0 Å². The quantitative estimate of drug-likeness (QED) is 0.691. The van der Waals surface area contributed by atoms with Crippen LogP contribution in [-0.4, -0.2) is 44.3 Å². The zero-order valence-corrected chi connectivity index (χ0v) is 17.3. The predicted octanol–water partition coefficient (Wildman–Crippen LogP) is 3.34. The molecule has 0 aromatic carbocycles. The largest absolute Gasteiger partial charge is 0.476 e. The molecule has 3 aromatic rings. The number of anilines is 1. The van der Waals surface area contributed by atoms with Gasteiger partial charge < -0.3 is 9.64 Å². The molecule has 0 saturated carbocycles. The number of rotatable bonds is 4. The highest BCUT2D eigenvalue weighted by Crippen LogP contribution is 2.26. The molecule has 1 atom stereocenters. The highest BCUT2D eigenvalue weighted by molar-refractivity contribution is 5.48. The fourth-order valence-corrected chi connectivity index (χ4v) is 3.51. The predicted molar refractivity (Wildman–Crippen MR) is 109 cm³/mol. The number of ether oxygens (including phenoxy) is 1. The number of nitrogens with zero attached hydrogens (tertiary/aromatic N) is 6. The molecule has 4 heterocycles. The van der Waals surface area contributed by atoms with Crippen molar-refractivity contribution in [2.45, 2.75) is 46.5 Å². The molecule has 0 radical (unpaired) electrons. The number of hydrogen-bond acceptors (Lipinski definition) is 6. The Hall–Kier alpha value is -2.70. The van der Waals surface area contributed by atoms with Gasteiger partial charge in [0.05, 0.1) is 18.5 Å². The van der Waals surface area contributed by atoms with E-state index in [4.69, 9.17) is 4.74 Å². The van der Waals surface area contributed by atoms with Gasteiger partial charge in [0.1, 0.15) is 12.1 Å². The van der Waals surface area contributed by atoms with E-state index in [1.807, 2.05) is 29.8 Å². The van der Waals surface area contributed by atoms with Gasteiger partial charge >= 0.3 is 0 Å². The second-order valence-corrected chi connectivity index (χ2v) is 8.67. The fraction of sp³-hybridized carbons (Fsp3) is 0.524. The minimum absolute atomic E-state index is 0.000490. The topological polar surface area (TPSA) is 68.4 Å². The third-order valence-electron chi connectivity index (χ3n) is 5.43. The van der Waals surface area contributed by atoms with Crippen LogP contribution in [0.4, 0.5) is 5.82 Å². The van der Waals surface area contributed by atoms with Crippen molar-refractivity contribution in [1.82, 2.24) is 24.6 Å². The van der Waals surface area contributed by atoms with E-state index < -0.39 is 0 Å². The normalized spacial score (nSPS) is 17.5. The smallest absolute Gasteiger partial charge is 0.231 e. The standard InChI is InChI=1S/C21H28N6O/c1-14-15(2)22-13-23-20(14)26-9-8-16(10-26)12-28-19-7-6-18-24-17(21(3,4)5)11-27(18)25-19/h6-7,11,13,16H,8-10,12H2,1-5H3. The monoisotopic (exact) mass is 380 g/mol. The number of aromatic nitrogens is 5. The van der Waals surface area contributed by atoms with Crippen LogP contribution in [0, 0.1) is 19.8 Å². The van der Waals surface area contributed by atoms with Crippen LogP contribution in [0.15, 0.2) is 24.7 Å². The van der Waals surface area contributed by atoms with Gasteiger partial charge in [-0.3, -0.25) is 0 Å². The third kappa shape index (κ3) is 3.66. The first kappa shape index (κ1) is 18.7. The Bertz CT molecular complexity index is 990. The van der Waals surface area contributed by atoms with E-state index in [0.29, 0.717) is 18.4 Å². The zero-order valence-electron chi connectivity index (χ0n) is 17.3. The molecule has 3 aromatic heterocycles. The summed E-state index contributed by atoms with van der Waals surface area (Å²) >= 11 is 0. The molecule has 0 N–H and O–H groups in total. The van der Waals surface area contributed by atoms with Gasteiger partial charge in [-0.15, -0.1) is 5.10 Å². The van der Waals surface area contributed by atoms with E-state index in [9.17, 15) is 0 Å². The summed E-state index contributed by atoms with van der Waals surface area (Å²) in [4.78, 5) is 15.7. The molecular weight excluding hydrogens is 352 g/mol. The second-order valence-electron chi connectivity index (χ2n) is 8.67. The van der Waals surface area contributed by atoms with Crippen LogP contribution in [0.5, 0.6) is 5.88 Å². The van der Waals surface area contributed by atoms with Gasteiger partial charge in [-0.05, 0) is 26.3 Å². The van der Waals surface area contributed by atoms with Crippen molar-refractivity contribution in [3.8, 4) is 5.88 Å². The van der Waals surface area contributed by atoms with Crippen molar-refractivity contribution in [2.24, 2.45) is 5.92 Å². The highest BCUT2D eigenvalue weighted by atomic mass is 16.5. The van der Waals surface area contributed by atoms with Crippen molar-refractivity contribution in [2.75, 3.05) is 24.6 Å². The molecule has 1 unspecified atom stereocenters.